The van der Waals surface area contributed by atoms with E-state index in [2.05, 4.69) is 15.0 Å². The standard InChI is InChI=1S/C16H13F3N4/c1-11-3-2-6-23(11)9-13-7-14(22-10-21-13)12-4-5-15(20-8-12)16(17,18)19/h2-8,10H,9H2,1H3. The maximum absolute atomic E-state index is 12.5. The number of aromatic nitrogens is 4. The Bertz CT molecular complexity index is 807. The molecule has 23 heavy (non-hydrogen) atoms. The van der Waals surface area contributed by atoms with Gasteiger partial charge in [-0.25, -0.2) is 9.97 Å². The normalized spacial score (nSPS) is 11.7. The van der Waals surface area contributed by atoms with Crippen LogP contribution in [-0.4, -0.2) is 19.5 Å². The Morgan fingerprint density at radius 3 is 2.52 bits per heavy atom. The molecule has 0 N–H and O–H groups in total. The lowest BCUT2D eigenvalue weighted by Gasteiger charge is -2.08. The Balaban J connectivity index is 1.86. The molecule has 0 amide bonds. The molecule has 0 saturated carbocycles. The van der Waals surface area contributed by atoms with Crippen molar-refractivity contribution >= 4 is 0 Å². The molecular formula is C16H13F3N4. The Morgan fingerprint density at radius 1 is 1.09 bits per heavy atom. The minimum atomic E-state index is -4.44. The topological polar surface area (TPSA) is 43.6 Å². The van der Waals surface area contributed by atoms with E-state index in [-0.39, 0.29) is 0 Å². The summed E-state index contributed by atoms with van der Waals surface area (Å²) < 4.78 is 39.7. The van der Waals surface area contributed by atoms with E-state index < -0.39 is 11.9 Å². The average Bonchev–Trinajstić information content (AvgIpc) is 2.92. The van der Waals surface area contributed by atoms with Crippen molar-refractivity contribution in [3.8, 4) is 11.3 Å². The number of halogens is 3. The van der Waals surface area contributed by atoms with E-state index in [1.54, 1.807) is 6.07 Å². The van der Waals surface area contributed by atoms with Gasteiger partial charge in [0.15, 0.2) is 0 Å². The van der Waals surface area contributed by atoms with Crippen LogP contribution < -0.4 is 0 Å². The smallest absolute Gasteiger partial charge is 0.346 e. The van der Waals surface area contributed by atoms with Crippen molar-refractivity contribution in [2.45, 2.75) is 19.6 Å². The Labute approximate surface area is 130 Å². The van der Waals surface area contributed by atoms with E-state index in [9.17, 15) is 13.2 Å². The second-order valence-electron chi connectivity index (χ2n) is 5.10. The predicted octanol–water partition coefficient (Wildman–Crippen LogP) is 3.72. The molecule has 3 aromatic rings. The molecule has 0 spiro atoms. The Hall–Kier alpha value is -2.70. The van der Waals surface area contributed by atoms with Gasteiger partial charge in [0, 0.05) is 23.7 Å². The van der Waals surface area contributed by atoms with Crippen molar-refractivity contribution in [1.82, 2.24) is 19.5 Å². The van der Waals surface area contributed by atoms with Gasteiger partial charge in [0.2, 0.25) is 0 Å². The number of rotatable bonds is 3. The first-order valence-corrected chi connectivity index (χ1v) is 6.90. The van der Waals surface area contributed by atoms with Gasteiger partial charge in [-0.3, -0.25) is 4.98 Å². The fraction of sp³-hybridized carbons (Fsp3) is 0.188. The van der Waals surface area contributed by atoms with Crippen LogP contribution in [0.1, 0.15) is 17.1 Å². The minimum Gasteiger partial charge on any atom is -0.346 e. The Morgan fingerprint density at radius 2 is 1.91 bits per heavy atom. The molecule has 3 aromatic heterocycles. The zero-order valence-corrected chi connectivity index (χ0v) is 12.2. The van der Waals surface area contributed by atoms with Crippen LogP contribution in [0.15, 0.2) is 49.1 Å². The van der Waals surface area contributed by atoms with Crippen molar-refractivity contribution in [1.29, 1.82) is 0 Å². The number of hydrogen-bond donors (Lipinski definition) is 0. The lowest BCUT2D eigenvalue weighted by Crippen LogP contribution is -2.07. The van der Waals surface area contributed by atoms with Crippen molar-refractivity contribution in [2.24, 2.45) is 0 Å². The lowest BCUT2D eigenvalue weighted by molar-refractivity contribution is -0.141. The van der Waals surface area contributed by atoms with E-state index in [1.165, 1.54) is 18.6 Å². The average molecular weight is 318 g/mol. The summed E-state index contributed by atoms with van der Waals surface area (Å²) in [4.78, 5) is 11.8. The molecule has 0 aliphatic carbocycles. The third kappa shape index (κ3) is 3.39. The minimum absolute atomic E-state index is 0.519. The molecule has 0 aliphatic heterocycles. The summed E-state index contributed by atoms with van der Waals surface area (Å²) in [6.07, 6.45) is 0.0785. The number of pyridine rings is 1. The maximum Gasteiger partial charge on any atom is 0.433 e. The summed E-state index contributed by atoms with van der Waals surface area (Å²) in [6, 6.07) is 8.00. The fourth-order valence-electron chi connectivity index (χ4n) is 2.21. The lowest BCUT2D eigenvalue weighted by atomic mass is 10.1. The molecular weight excluding hydrogens is 305 g/mol. The quantitative estimate of drug-likeness (QED) is 0.739. The molecule has 3 rings (SSSR count). The second-order valence-corrected chi connectivity index (χ2v) is 5.10. The van der Waals surface area contributed by atoms with Gasteiger partial charge < -0.3 is 4.57 Å². The molecule has 0 aromatic carbocycles. The van der Waals surface area contributed by atoms with Gasteiger partial charge in [0.05, 0.1) is 17.9 Å². The number of alkyl halides is 3. The molecule has 0 aliphatic rings. The van der Waals surface area contributed by atoms with Gasteiger partial charge in [0.1, 0.15) is 12.0 Å². The highest BCUT2D eigenvalue weighted by Gasteiger charge is 2.32. The van der Waals surface area contributed by atoms with E-state index in [1.807, 2.05) is 29.8 Å². The summed E-state index contributed by atoms with van der Waals surface area (Å²) in [5.41, 5.74) is 2.01. The van der Waals surface area contributed by atoms with Crippen LogP contribution in [0.4, 0.5) is 13.2 Å². The molecule has 0 unspecified atom stereocenters. The van der Waals surface area contributed by atoms with Crippen molar-refractivity contribution in [3.05, 3.63) is 66.1 Å². The highest BCUT2D eigenvalue weighted by atomic mass is 19.4. The highest BCUT2D eigenvalue weighted by molar-refractivity contribution is 5.57. The van der Waals surface area contributed by atoms with E-state index in [4.69, 9.17) is 0 Å². The summed E-state index contributed by atoms with van der Waals surface area (Å²) in [7, 11) is 0. The van der Waals surface area contributed by atoms with Gasteiger partial charge in [-0.2, -0.15) is 13.2 Å². The number of hydrogen-bond acceptors (Lipinski definition) is 3. The van der Waals surface area contributed by atoms with Crippen LogP contribution in [0.2, 0.25) is 0 Å². The van der Waals surface area contributed by atoms with Crippen molar-refractivity contribution < 1.29 is 13.2 Å². The van der Waals surface area contributed by atoms with Gasteiger partial charge >= 0.3 is 6.18 Å². The Kier molecular flexibility index (Phi) is 3.85. The first-order chi connectivity index (χ1) is 10.9. The van der Waals surface area contributed by atoms with Crippen LogP contribution >= 0.6 is 0 Å². The molecule has 0 radical (unpaired) electrons. The summed E-state index contributed by atoms with van der Waals surface area (Å²) in [6.45, 7) is 2.56. The summed E-state index contributed by atoms with van der Waals surface area (Å²) in [5.74, 6) is 0. The zero-order chi connectivity index (χ0) is 16.4. The third-order valence-electron chi connectivity index (χ3n) is 3.46. The molecule has 0 saturated heterocycles. The molecule has 4 nitrogen and oxygen atoms in total. The molecule has 118 valence electrons. The maximum atomic E-state index is 12.5. The summed E-state index contributed by atoms with van der Waals surface area (Å²) in [5, 5.41) is 0. The van der Waals surface area contributed by atoms with Crippen molar-refractivity contribution in [2.75, 3.05) is 0 Å². The van der Waals surface area contributed by atoms with Gasteiger partial charge in [-0.05, 0) is 37.3 Å². The first-order valence-electron chi connectivity index (χ1n) is 6.90. The van der Waals surface area contributed by atoms with Gasteiger partial charge in [-0.15, -0.1) is 0 Å². The molecule has 0 atom stereocenters. The van der Waals surface area contributed by atoms with Crippen LogP contribution in [0.25, 0.3) is 11.3 Å². The van der Waals surface area contributed by atoms with Crippen LogP contribution in [0.3, 0.4) is 0 Å². The van der Waals surface area contributed by atoms with E-state index in [0.717, 1.165) is 17.5 Å². The first kappa shape index (κ1) is 15.2. The molecule has 0 fully saturated rings. The molecule has 3 heterocycles. The van der Waals surface area contributed by atoms with E-state index >= 15 is 0 Å². The van der Waals surface area contributed by atoms with Gasteiger partial charge in [-0.1, -0.05) is 0 Å². The summed E-state index contributed by atoms with van der Waals surface area (Å²) >= 11 is 0. The van der Waals surface area contributed by atoms with Crippen LogP contribution in [0, 0.1) is 6.92 Å². The van der Waals surface area contributed by atoms with Crippen LogP contribution in [0.5, 0.6) is 0 Å². The number of aryl methyl sites for hydroxylation is 1. The number of nitrogens with zero attached hydrogens (tertiary/aromatic N) is 4. The third-order valence-corrected chi connectivity index (χ3v) is 3.46. The predicted molar refractivity (Wildman–Crippen MR) is 78.5 cm³/mol. The SMILES string of the molecule is Cc1cccn1Cc1cc(-c2ccc(C(F)(F)F)nc2)ncn1. The van der Waals surface area contributed by atoms with Gasteiger partial charge in [0.25, 0.3) is 0 Å². The zero-order valence-electron chi connectivity index (χ0n) is 12.2. The van der Waals surface area contributed by atoms with E-state index in [0.29, 0.717) is 17.8 Å². The molecule has 0 bridgehead atoms. The van der Waals surface area contributed by atoms with Crippen LogP contribution in [-0.2, 0) is 12.7 Å². The fourth-order valence-corrected chi connectivity index (χ4v) is 2.21. The molecule has 7 heteroatoms. The monoisotopic (exact) mass is 318 g/mol. The largest absolute Gasteiger partial charge is 0.433 e. The highest BCUT2D eigenvalue weighted by Crippen LogP contribution is 2.28. The van der Waals surface area contributed by atoms with Crippen molar-refractivity contribution in [3.63, 3.8) is 0 Å². The second kappa shape index (κ2) is 5.83.